The van der Waals surface area contributed by atoms with Crippen molar-refractivity contribution in [2.75, 3.05) is 27.3 Å². The van der Waals surface area contributed by atoms with E-state index in [1.165, 1.54) is 12.8 Å². The lowest BCUT2D eigenvalue weighted by atomic mass is 10.4. The number of methoxy groups -OCH3 is 1. The summed E-state index contributed by atoms with van der Waals surface area (Å²) in [6, 6.07) is 0.505. The summed E-state index contributed by atoms with van der Waals surface area (Å²) >= 11 is 0. The summed E-state index contributed by atoms with van der Waals surface area (Å²) in [6.07, 6.45) is 3.40. The standard InChI is InChI=1S/C9H19N3O/c1-12(6-3-7-13-2)9(10)11-8-4-5-8/h8H,3-7H2,1-2H3,(H2,10,11). The summed E-state index contributed by atoms with van der Waals surface area (Å²) < 4.78 is 4.96. The normalized spacial score (nSPS) is 17.5. The Hall–Kier alpha value is -0.770. The molecule has 0 atom stereocenters. The first kappa shape index (κ1) is 10.3. The highest BCUT2D eigenvalue weighted by Crippen LogP contribution is 2.23. The van der Waals surface area contributed by atoms with Gasteiger partial charge in [-0.3, -0.25) is 0 Å². The number of nitrogens with two attached hydrogens (primary N) is 1. The molecule has 2 N–H and O–H groups in total. The number of nitrogens with zero attached hydrogens (tertiary/aromatic N) is 2. The number of hydrogen-bond acceptors (Lipinski definition) is 2. The Morgan fingerprint density at radius 1 is 1.62 bits per heavy atom. The van der Waals surface area contributed by atoms with Gasteiger partial charge in [-0.2, -0.15) is 0 Å². The van der Waals surface area contributed by atoms with Crippen molar-refractivity contribution < 1.29 is 4.74 Å². The molecule has 0 aliphatic heterocycles. The topological polar surface area (TPSA) is 50.9 Å². The highest BCUT2D eigenvalue weighted by Gasteiger charge is 2.21. The van der Waals surface area contributed by atoms with Crippen molar-refractivity contribution in [1.82, 2.24) is 4.90 Å². The summed E-state index contributed by atoms with van der Waals surface area (Å²) in [4.78, 5) is 6.33. The van der Waals surface area contributed by atoms with E-state index in [4.69, 9.17) is 10.5 Å². The number of rotatable bonds is 5. The lowest BCUT2D eigenvalue weighted by Gasteiger charge is -2.17. The zero-order valence-electron chi connectivity index (χ0n) is 8.49. The monoisotopic (exact) mass is 185 g/mol. The van der Waals surface area contributed by atoms with Crippen molar-refractivity contribution >= 4 is 5.96 Å². The Morgan fingerprint density at radius 2 is 2.31 bits per heavy atom. The third-order valence-corrected chi connectivity index (χ3v) is 2.09. The van der Waals surface area contributed by atoms with Gasteiger partial charge in [0.05, 0.1) is 6.04 Å². The molecule has 1 fully saturated rings. The minimum Gasteiger partial charge on any atom is -0.385 e. The summed E-state index contributed by atoms with van der Waals surface area (Å²) in [7, 11) is 3.68. The summed E-state index contributed by atoms with van der Waals surface area (Å²) in [5.41, 5.74) is 5.78. The van der Waals surface area contributed by atoms with Gasteiger partial charge in [-0.1, -0.05) is 0 Å². The molecule has 4 heteroatoms. The SMILES string of the molecule is COCCCN(C)C(N)=NC1CC1. The molecule has 1 rings (SSSR count). The van der Waals surface area contributed by atoms with Gasteiger partial charge in [0, 0.05) is 27.3 Å². The Morgan fingerprint density at radius 3 is 2.85 bits per heavy atom. The van der Waals surface area contributed by atoms with E-state index in [0.29, 0.717) is 12.0 Å². The minimum absolute atomic E-state index is 0.505. The van der Waals surface area contributed by atoms with Crippen molar-refractivity contribution in [1.29, 1.82) is 0 Å². The van der Waals surface area contributed by atoms with E-state index in [1.807, 2.05) is 11.9 Å². The second-order valence-corrected chi connectivity index (χ2v) is 3.49. The van der Waals surface area contributed by atoms with E-state index in [2.05, 4.69) is 4.99 Å². The molecule has 13 heavy (non-hydrogen) atoms. The fourth-order valence-electron chi connectivity index (χ4n) is 1.05. The van der Waals surface area contributed by atoms with E-state index >= 15 is 0 Å². The van der Waals surface area contributed by atoms with Crippen molar-refractivity contribution in [3.8, 4) is 0 Å². The van der Waals surface area contributed by atoms with E-state index in [0.717, 1.165) is 19.6 Å². The van der Waals surface area contributed by atoms with Gasteiger partial charge in [0.2, 0.25) is 0 Å². The van der Waals surface area contributed by atoms with Crippen molar-refractivity contribution in [3.05, 3.63) is 0 Å². The highest BCUT2D eigenvalue weighted by atomic mass is 16.5. The van der Waals surface area contributed by atoms with Crippen LogP contribution in [0.3, 0.4) is 0 Å². The zero-order valence-corrected chi connectivity index (χ0v) is 8.49. The first-order valence-corrected chi connectivity index (χ1v) is 4.77. The predicted octanol–water partition coefficient (Wildman–Crippen LogP) is 0.432. The van der Waals surface area contributed by atoms with Crippen LogP contribution in [-0.4, -0.2) is 44.2 Å². The van der Waals surface area contributed by atoms with Gasteiger partial charge >= 0.3 is 0 Å². The van der Waals surface area contributed by atoms with Crippen LogP contribution in [0.1, 0.15) is 19.3 Å². The average molecular weight is 185 g/mol. The van der Waals surface area contributed by atoms with Crippen LogP contribution in [0.25, 0.3) is 0 Å². The molecule has 0 amide bonds. The third kappa shape index (κ3) is 4.12. The summed E-state index contributed by atoms with van der Waals surface area (Å²) in [5.74, 6) is 0.665. The van der Waals surface area contributed by atoms with Gasteiger partial charge in [0.1, 0.15) is 0 Å². The van der Waals surface area contributed by atoms with E-state index in [9.17, 15) is 0 Å². The molecule has 1 aliphatic carbocycles. The summed E-state index contributed by atoms with van der Waals surface area (Å²) in [6.45, 7) is 1.69. The maximum Gasteiger partial charge on any atom is 0.191 e. The largest absolute Gasteiger partial charge is 0.385 e. The average Bonchev–Trinajstić information content (AvgIpc) is 2.88. The van der Waals surface area contributed by atoms with Crippen molar-refractivity contribution in [2.45, 2.75) is 25.3 Å². The van der Waals surface area contributed by atoms with Crippen LogP contribution < -0.4 is 5.73 Å². The zero-order chi connectivity index (χ0) is 9.68. The Labute approximate surface area is 79.8 Å². The van der Waals surface area contributed by atoms with E-state index < -0.39 is 0 Å². The molecule has 0 bridgehead atoms. The van der Waals surface area contributed by atoms with E-state index in [-0.39, 0.29) is 0 Å². The lowest BCUT2D eigenvalue weighted by molar-refractivity contribution is 0.188. The summed E-state index contributed by atoms with van der Waals surface area (Å²) in [5, 5.41) is 0. The molecule has 0 heterocycles. The van der Waals surface area contributed by atoms with Crippen molar-refractivity contribution in [3.63, 3.8) is 0 Å². The Kier molecular flexibility index (Phi) is 4.02. The predicted molar refractivity (Wildman–Crippen MR) is 53.8 cm³/mol. The van der Waals surface area contributed by atoms with Crippen LogP contribution in [0.5, 0.6) is 0 Å². The molecule has 0 radical (unpaired) electrons. The quantitative estimate of drug-likeness (QED) is 0.384. The molecule has 0 saturated heterocycles. The van der Waals surface area contributed by atoms with Gasteiger partial charge in [0.25, 0.3) is 0 Å². The molecule has 0 aromatic heterocycles. The van der Waals surface area contributed by atoms with Crippen LogP contribution in [0.2, 0.25) is 0 Å². The van der Waals surface area contributed by atoms with Crippen LogP contribution in [0, 0.1) is 0 Å². The lowest BCUT2D eigenvalue weighted by Crippen LogP contribution is -2.35. The number of hydrogen-bond donors (Lipinski definition) is 1. The second kappa shape index (κ2) is 5.07. The third-order valence-electron chi connectivity index (χ3n) is 2.09. The number of ether oxygens (including phenoxy) is 1. The molecule has 0 aromatic rings. The first-order chi connectivity index (χ1) is 6.24. The number of aliphatic imine (C=N–C) groups is 1. The van der Waals surface area contributed by atoms with Crippen LogP contribution in [-0.2, 0) is 4.74 Å². The van der Waals surface area contributed by atoms with E-state index in [1.54, 1.807) is 7.11 Å². The highest BCUT2D eigenvalue weighted by molar-refractivity contribution is 5.78. The number of guanidine groups is 1. The molecule has 4 nitrogen and oxygen atoms in total. The van der Waals surface area contributed by atoms with Gasteiger partial charge in [0.15, 0.2) is 5.96 Å². The fourth-order valence-corrected chi connectivity index (χ4v) is 1.05. The smallest absolute Gasteiger partial charge is 0.191 e. The van der Waals surface area contributed by atoms with Crippen molar-refractivity contribution in [2.24, 2.45) is 10.7 Å². The Balaban J connectivity index is 2.16. The molecule has 76 valence electrons. The molecule has 1 aliphatic rings. The molecular formula is C9H19N3O. The minimum atomic E-state index is 0.505. The molecule has 0 unspecified atom stereocenters. The van der Waals surface area contributed by atoms with Gasteiger partial charge in [-0.25, -0.2) is 4.99 Å². The maximum atomic E-state index is 5.78. The first-order valence-electron chi connectivity index (χ1n) is 4.77. The van der Waals surface area contributed by atoms with Crippen LogP contribution >= 0.6 is 0 Å². The van der Waals surface area contributed by atoms with Crippen LogP contribution in [0.4, 0.5) is 0 Å². The maximum absolute atomic E-state index is 5.78. The second-order valence-electron chi connectivity index (χ2n) is 3.49. The molecule has 0 aromatic carbocycles. The molecule has 0 spiro atoms. The van der Waals surface area contributed by atoms with Gasteiger partial charge in [-0.15, -0.1) is 0 Å². The van der Waals surface area contributed by atoms with Gasteiger partial charge in [-0.05, 0) is 19.3 Å². The van der Waals surface area contributed by atoms with Gasteiger partial charge < -0.3 is 15.4 Å². The fraction of sp³-hybridized carbons (Fsp3) is 0.889. The molecular weight excluding hydrogens is 166 g/mol. The van der Waals surface area contributed by atoms with Crippen LogP contribution in [0.15, 0.2) is 4.99 Å². The molecule has 1 saturated carbocycles. The Bertz CT molecular complexity index is 178.